The fourth-order valence-corrected chi connectivity index (χ4v) is 4.30. The van der Waals surface area contributed by atoms with Crippen molar-refractivity contribution in [3.63, 3.8) is 0 Å². The van der Waals surface area contributed by atoms with Gasteiger partial charge in [-0.2, -0.15) is 26.3 Å². The molecule has 1 heterocycles. The molecule has 2 unspecified atom stereocenters. The summed E-state index contributed by atoms with van der Waals surface area (Å²) in [6.45, 7) is 3.71. The van der Waals surface area contributed by atoms with Crippen molar-refractivity contribution in [1.82, 2.24) is 4.90 Å². The Bertz CT molecular complexity index is 953. The molecular weight excluding hydrogens is 434 g/mol. The van der Waals surface area contributed by atoms with E-state index in [1.807, 2.05) is 32.0 Å². The molecule has 0 saturated heterocycles. The summed E-state index contributed by atoms with van der Waals surface area (Å²) in [7, 11) is 1.67. The van der Waals surface area contributed by atoms with Crippen LogP contribution in [0.5, 0.6) is 0 Å². The summed E-state index contributed by atoms with van der Waals surface area (Å²) < 4.78 is 79.4. The van der Waals surface area contributed by atoms with Crippen molar-refractivity contribution in [2.45, 2.75) is 57.7 Å². The number of carbonyl (C=O) groups excluding carboxylic acids is 1. The molecule has 0 bridgehead atoms. The number of hydrogen-bond donors (Lipinski definition) is 0. The summed E-state index contributed by atoms with van der Waals surface area (Å²) in [5.74, 6) is 0. The Morgan fingerprint density at radius 1 is 1.03 bits per heavy atom. The summed E-state index contributed by atoms with van der Waals surface area (Å²) in [5.41, 5.74) is -0.243. The Labute approximate surface area is 182 Å². The highest BCUT2D eigenvalue weighted by Crippen LogP contribution is 2.42. The van der Waals surface area contributed by atoms with E-state index in [0.717, 1.165) is 29.7 Å². The molecule has 3 nitrogen and oxygen atoms in total. The fraction of sp³-hybridized carbons (Fsp3) is 0.435. The second-order valence-corrected chi connectivity index (χ2v) is 8.22. The van der Waals surface area contributed by atoms with Gasteiger partial charge in [0, 0.05) is 24.3 Å². The maximum Gasteiger partial charge on any atom is 0.416 e. The fourth-order valence-electron chi connectivity index (χ4n) is 4.30. The molecule has 0 aliphatic carbocycles. The number of rotatable bonds is 5. The van der Waals surface area contributed by atoms with Crippen molar-refractivity contribution in [3.8, 4) is 0 Å². The van der Waals surface area contributed by atoms with Gasteiger partial charge >= 0.3 is 12.4 Å². The summed E-state index contributed by atoms with van der Waals surface area (Å²) in [6.07, 6.45) is -7.83. The van der Waals surface area contributed by atoms with Crippen LogP contribution in [0.25, 0.3) is 0 Å². The third kappa shape index (κ3) is 4.92. The lowest BCUT2D eigenvalue weighted by Crippen LogP contribution is -2.43. The van der Waals surface area contributed by atoms with Crippen LogP contribution in [0.1, 0.15) is 53.6 Å². The normalized spacial score (nSPS) is 19.2. The SMILES string of the molecule is CCC1CC(N(C)Cc2cc(C(F)(F)F)cc(C(F)(F)F)c2)c2cc(C)ccc2N1C=O. The molecule has 1 amide bonds. The van der Waals surface area contributed by atoms with Gasteiger partial charge in [0.25, 0.3) is 0 Å². The smallest absolute Gasteiger partial charge is 0.312 e. The van der Waals surface area contributed by atoms with E-state index in [1.54, 1.807) is 16.8 Å². The summed E-state index contributed by atoms with van der Waals surface area (Å²) in [5, 5.41) is 0. The molecular formula is C23H24F6N2O. The molecule has 9 heteroatoms. The van der Waals surface area contributed by atoms with E-state index in [4.69, 9.17) is 0 Å². The zero-order valence-electron chi connectivity index (χ0n) is 17.9. The van der Waals surface area contributed by atoms with Crippen LogP contribution in [0.3, 0.4) is 0 Å². The van der Waals surface area contributed by atoms with Crippen LogP contribution in [0.4, 0.5) is 32.0 Å². The van der Waals surface area contributed by atoms with Crippen molar-refractivity contribution in [2.24, 2.45) is 0 Å². The number of carbonyl (C=O) groups is 1. The first-order valence-corrected chi connectivity index (χ1v) is 10.2. The first kappa shape index (κ1) is 24.1. The van der Waals surface area contributed by atoms with E-state index < -0.39 is 23.5 Å². The highest BCUT2D eigenvalue weighted by atomic mass is 19.4. The molecule has 1 aliphatic heterocycles. The van der Waals surface area contributed by atoms with Crippen LogP contribution in [-0.4, -0.2) is 24.4 Å². The van der Waals surface area contributed by atoms with Gasteiger partial charge < -0.3 is 4.90 Å². The summed E-state index contributed by atoms with van der Waals surface area (Å²) >= 11 is 0. The quantitative estimate of drug-likeness (QED) is 0.385. The van der Waals surface area contributed by atoms with E-state index in [1.165, 1.54) is 0 Å². The highest BCUT2D eigenvalue weighted by Gasteiger charge is 2.38. The van der Waals surface area contributed by atoms with E-state index >= 15 is 0 Å². The Kier molecular flexibility index (Phi) is 6.60. The number of amides is 1. The Morgan fingerprint density at radius 3 is 2.12 bits per heavy atom. The predicted molar refractivity (Wildman–Crippen MR) is 109 cm³/mol. The van der Waals surface area contributed by atoms with Gasteiger partial charge in [0.05, 0.1) is 11.1 Å². The van der Waals surface area contributed by atoms with Crippen LogP contribution in [0, 0.1) is 6.92 Å². The van der Waals surface area contributed by atoms with Gasteiger partial charge in [-0.15, -0.1) is 0 Å². The minimum Gasteiger partial charge on any atom is -0.312 e. The van der Waals surface area contributed by atoms with E-state index in [-0.39, 0.29) is 30.3 Å². The van der Waals surface area contributed by atoms with Crippen LogP contribution < -0.4 is 4.90 Å². The molecule has 0 spiro atoms. The third-order valence-electron chi connectivity index (χ3n) is 5.91. The van der Waals surface area contributed by atoms with Gasteiger partial charge in [0.15, 0.2) is 0 Å². The molecule has 0 aromatic heterocycles. The molecule has 0 N–H and O–H groups in total. The Hall–Kier alpha value is -2.55. The van der Waals surface area contributed by atoms with Crippen LogP contribution >= 0.6 is 0 Å². The topological polar surface area (TPSA) is 23.6 Å². The average molecular weight is 458 g/mol. The molecule has 32 heavy (non-hydrogen) atoms. The molecule has 1 aliphatic rings. The number of anilines is 1. The van der Waals surface area contributed by atoms with Gasteiger partial charge in [-0.25, -0.2) is 0 Å². The molecule has 0 fully saturated rings. The Morgan fingerprint density at radius 2 is 1.62 bits per heavy atom. The molecule has 2 aromatic rings. The van der Waals surface area contributed by atoms with Gasteiger partial charge in [0.2, 0.25) is 6.41 Å². The standard InChI is InChI=1S/C23H24F6N2O/c1-4-18-11-21(19-7-14(2)5-6-20(19)31(18)13-32)30(3)12-15-8-16(22(24,25)26)10-17(9-15)23(27,28)29/h5-10,13,18,21H,4,11-12H2,1-3H3. The maximum atomic E-state index is 13.2. The third-order valence-corrected chi connectivity index (χ3v) is 5.91. The van der Waals surface area contributed by atoms with Gasteiger partial charge in [-0.1, -0.05) is 24.6 Å². The van der Waals surface area contributed by atoms with Gasteiger partial charge in [-0.05, 0) is 62.2 Å². The lowest BCUT2D eigenvalue weighted by atomic mass is 9.88. The van der Waals surface area contributed by atoms with Gasteiger partial charge in [0.1, 0.15) is 0 Å². The lowest BCUT2D eigenvalue weighted by molar-refractivity contribution is -0.143. The minimum atomic E-state index is -4.89. The molecule has 0 radical (unpaired) electrons. The van der Waals surface area contributed by atoms with E-state index in [2.05, 4.69) is 0 Å². The monoisotopic (exact) mass is 458 g/mol. The zero-order chi connectivity index (χ0) is 23.8. The van der Waals surface area contributed by atoms with E-state index in [9.17, 15) is 31.1 Å². The molecule has 2 atom stereocenters. The summed E-state index contributed by atoms with van der Waals surface area (Å²) in [4.78, 5) is 15.1. The van der Waals surface area contributed by atoms with Crippen LogP contribution in [-0.2, 0) is 23.7 Å². The van der Waals surface area contributed by atoms with Crippen molar-refractivity contribution < 1.29 is 31.1 Å². The van der Waals surface area contributed by atoms with Crippen LogP contribution in [0.2, 0.25) is 0 Å². The minimum absolute atomic E-state index is 0.0743. The molecule has 174 valence electrons. The first-order valence-electron chi connectivity index (χ1n) is 10.2. The number of hydrogen-bond acceptors (Lipinski definition) is 2. The van der Waals surface area contributed by atoms with E-state index in [0.29, 0.717) is 18.5 Å². The van der Waals surface area contributed by atoms with Gasteiger partial charge in [-0.3, -0.25) is 9.69 Å². The maximum absolute atomic E-state index is 13.2. The van der Waals surface area contributed by atoms with Crippen molar-refractivity contribution in [3.05, 3.63) is 64.2 Å². The second kappa shape index (κ2) is 8.77. The number of benzene rings is 2. The van der Waals surface area contributed by atoms with Crippen molar-refractivity contribution >= 4 is 12.1 Å². The summed E-state index contributed by atoms with van der Waals surface area (Å²) in [6, 6.07) is 6.88. The van der Waals surface area contributed by atoms with Crippen LogP contribution in [0.15, 0.2) is 36.4 Å². The largest absolute Gasteiger partial charge is 0.416 e. The molecule has 2 aromatic carbocycles. The number of fused-ring (bicyclic) bond motifs is 1. The molecule has 0 saturated carbocycles. The average Bonchev–Trinajstić information content (AvgIpc) is 2.70. The lowest BCUT2D eigenvalue weighted by Gasteiger charge is -2.42. The number of halogens is 6. The Balaban J connectivity index is 2.00. The number of aryl methyl sites for hydroxylation is 1. The zero-order valence-corrected chi connectivity index (χ0v) is 17.9. The van der Waals surface area contributed by atoms with Crippen molar-refractivity contribution in [1.29, 1.82) is 0 Å². The first-order chi connectivity index (χ1) is 14.8. The number of nitrogens with zero attached hydrogens (tertiary/aromatic N) is 2. The van der Waals surface area contributed by atoms with Crippen molar-refractivity contribution in [2.75, 3.05) is 11.9 Å². The predicted octanol–water partition coefficient (Wildman–Crippen LogP) is 6.35. The second-order valence-electron chi connectivity index (χ2n) is 8.22. The highest BCUT2D eigenvalue weighted by molar-refractivity contribution is 5.79. The molecule has 3 rings (SSSR count). The number of alkyl halides is 6.